The Morgan fingerprint density at radius 3 is 2.78 bits per heavy atom. The Bertz CT molecular complexity index is 403. The molecule has 1 aliphatic heterocycles. The fourth-order valence-electron chi connectivity index (χ4n) is 2.43. The summed E-state index contributed by atoms with van der Waals surface area (Å²) in [5.41, 5.74) is 1.33. The quantitative estimate of drug-likeness (QED) is 0.857. The highest BCUT2D eigenvalue weighted by Gasteiger charge is 2.16. The summed E-state index contributed by atoms with van der Waals surface area (Å²) < 4.78 is 0. The monoisotopic (exact) mass is 248 g/mol. The van der Waals surface area contributed by atoms with Gasteiger partial charge in [-0.05, 0) is 56.6 Å². The van der Waals surface area contributed by atoms with Crippen molar-refractivity contribution in [1.29, 1.82) is 0 Å². The van der Waals surface area contributed by atoms with Gasteiger partial charge in [-0.1, -0.05) is 0 Å². The molecule has 1 saturated heterocycles. The molecule has 1 heterocycles. The number of anilines is 1. The number of piperidine rings is 1. The fourth-order valence-corrected chi connectivity index (χ4v) is 2.43. The zero-order chi connectivity index (χ0) is 13.0. The van der Waals surface area contributed by atoms with Crippen LogP contribution in [-0.2, 0) is 0 Å². The summed E-state index contributed by atoms with van der Waals surface area (Å²) in [5, 5.41) is 12.2. The van der Waals surface area contributed by atoms with Gasteiger partial charge in [0, 0.05) is 18.8 Å². The molecule has 0 aliphatic carbocycles. The van der Waals surface area contributed by atoms with E-state index in [1.54, 1.807) is 12.1 Å². The lowest BCUT2D eigenvalue weighted by Gasteiger charge is -2.29. The second kappa shape index (κ2) is 5.87. The van der Waals surface area contributed by atoms with Crippen LogP contribution in [-0.4, -0.2) is 42.7 Å². The number of hydrogen-bond donors (Lipinski definition) is 2. The van der Waals surface area contributed by atoms with E-state index in [1.165, 1.54) is 19.4 Å². The van der Waals surface area contributed by atoms with Crippen LogP contribution in [0.4, 0.5) is 5.69 Å². The molecule has 2 N–H and O–H groups in total. The third kappa shape index (κ3) is 3.47. The highest BCUT2D eigenvalue weighted by molar-refractivity contribution is 5.87. The Morgan fingerprint density at radius 2 is 2.17 bits per heavy atom. The number of nitrogens with zero attached hydrogens (tertiary/aromatic N) is 1. The van der Waals surface area contributed by atoms with E-state index < -0.39 is 5.97 Å². The number of rotatable bonds is 4. The number of carboxylic acids is 1. The van der Waals surface area contributed by atoms with Crippen molar-refractivity contribution >= 4 is 11.7 Å². The maximum Gasteiger partial charge on any atom is 0.335 e. The Hall–Kier alpha value is -1.55. The number of carbonyl (C=O) groups is 1. The van der Waals surface area contributed by atoms with E-state index in [0.717, 1.165) is 18.8 Å². The second-order valence-corrected chi connectivity index (χ2v) is 5.03. The van der Waals surface area contributed by atoms with Crippen LogP contribution in [0.1, 0.15) is 23.2 Å². The van der Waals surface area contributed by atoms with Crippen molar-refractivity contribution in [3.63, 3.8) is 0 Å². The highest BCUT2D eigenvalue weighted by Crippen LogP contribution is 2.16. The topological polar surface area (TPSA) is 52.6 Å². The van der Waals surface area contributed by atoms with Crippen LogP contribution in [0, 0.1) is 5.92 Å². The molecule has 0 aromatic heterocycles. The molecule has 1 aromatic rings. The first-order chi connectivity index (χ1) is 8.65. The molecule has 0 saturated carbocycles. The minimum Gasteiger partial charge on any atom is -0.478 e. The number of hydrogen-bond acceptors (Lipinski definition) is 3. The Balaban J connectivity index is 1.84. The summed E-state index contributed by atoms with van der Waals surface area (Å²) in [6.07, 6.45) is 2.53. The number of carboxylic acid groups (broad SMARTS) is 1. The molecule has 4 nitrogen and oxygen atoms in total. The molecule has 0 bridgehead atoms. The van der Waals surface area contributed by atoms with Crippen molar-refractivity contribution in [1.82, 2.24) is 4.90 Å². The molecule has 1 aliphatic rings. The van der Waals surface area contributed by atoms with Gasteiger partial charge >= 0.3 is 5.97 Å². The van der Waals surface area contributed by atoms with E-state index in [2.05, 4.69) is 17.3 Å². The van der Waals surface area contributed by atoms with Crippen LogP contribution in [0.5, 0.6) is 0 Å². The van der Waals surface area contributed by atoms with E-state index in [0.29, 0.717) is 11.5 Å². The van der Waals surface area contributed by atoms with Gasteiger partial charge < -0.3 is 15.3 Å². The molecule has 0 amide bonds. The molecular formula is C14H20N2O2. The SMILES string of the molecule is CN1CCCC(CNc2ccc(C(=O)O)cc2)C1. The average molecular weight is 248 g/mol. The van der Waals surface area contributed by atoms with E-state index in [1.807, 2.05) is 12.1 Å². The number of likely N-dealkylation sites (tertiary alicyclic amines) is 1. The molecular weight excluding hydrogens is 228 g/mol. The van der Waals surface area contributed by atoms with Crippen LogP contribution in [0.15, 0.2) is 24.3 Å². The predicted octanol–water partition coefficient (Wildman–Crippen LogP) is 2.14. The summed E-state index contributed by atoms with van der Waals surface area (Å²) >= 11 is 0. The first-order valence-electron chi connectivity index (χ1n) is 6.41. The van der Waals surface area contributed by atoms with Crippen LogP contribution >= 0.6 is 0 Å². The van der Waals surface area contributed by atoms with Crippen LogP contribution in [0.25, 0.3) is 0 Å². The zero-order valence-corrected chi connectivity index (χ0v) is 10.7. The molecule has 4 heteroatoms. The van der Waals surface area contributed by atoms with Gasteiger partial charge in [-0.3, -0.25) is 0 Å². The average Bonchev–Trinajstić information content (AvgIpc) is 2.37. The summed E-state index contributed by atoms with van der Waals surface area (Å²) in [6.45, 7) is 3.29. The van der Waals surface area contributed by atoms with Crippen molar-refractivity contribution in [3.05, 3.63) is 29.8 Å². The van der Waals surface area contributed by atoms with Crippen molar-refractivity contribution in [3.8, 4) is 0 Å². The van der Waals surface area contributed by atoms with E-state index >= 15 is 0 Å². The summed E-state index contributed by atoms with van der Waals surface area (Å²) in [4.78, 5) is 13.1. The minimum absolute atomic E-state index is 0.331. The molecule has 98 valence electrons. The predicted molar refractivity (Wildman–Crippen MR) is 72.1 cm³/mol. The first kappa shape index (κ1) is 12.9. The lowest BCUT2D eigenvalue weighted by molar-refractivity contribution is 0.0697. The van der Waals surface area contributed by atoms with Gasteiger partial charge in [-0.15, -0.1) is 0 Å². The van der Waals surface area contributed by atoms with Crippen molar-refractivity contribution in [2.24, 2.45) is 5.92 Å². The maximum atomic E-state index is 10.7. The van der Waals surface area contributed by atoms with Crippen LogP contribution in [0.3, 0.4) is 0 Å². The smallest absolute Gasteiger partial charge is 0.335 e. The molecule has 1 unspecified atom stereocenters. The van der Waals surface area contributed by atoms with E-state index in [4.69, 9.17) is 5.11 Å². The fraction of sp³-hybridized carbons (Fsp3) is 0.500. The summed E-state index contributed by atoms with van der Waals surface area (Å²) in [5.74, 6) is -0.196. The second-order valence-electron chi connectivity index (χ2n) is 5.03. The van der Waals surface area contributed by atoms with Gasteiger partial charge in [0.15, 0.2) is 0 Å². The van der Waals surface area contributed by atoms with Crippen LogP contribution in [0.2, 0.25) is 0 Å². The molecule has 2 rings (SSSR count). The molecule has 18 heavy (non-hydrogen) atoms. The standard InChI is InChI=1S/C14H20N2O2/c1-16-8-2-3-11(10-16)9-15-13-6-4-12(5-7-13)14(17)18/h4-7,11,15H,2-3,8-10H2,1H3,(H,17,18). The van der Waals surface area contributed by atoms with Crippen molar-refractivity contribution < 1.29 is 9.90 Å². The number of aromatic carboxylic acids is 1. The van der Waals surface area contributed by atoms with Gasteiger partial charge in [0.05, 0.1) is 5.56 Å². The number of nitrogens with one attached hydrogen (secondary N) is 1. The van der Waals surface area contributed by atoms with E-state index in [-0.39, 0.29) is 0 Å². The molecule has 1 fully saturated rings. The van der Waals surface area contributed by atoms with Gasteiger partial charge in [-0.25, -0.2) is 4.79 Å². The van der Waals surface area contributed by atoms with Gasteiger partial charge in [-0.2, -0.15) is 0 Å². The van der Waals surface area contributed by atoms with Crippen molar-refractivity contribution in [2.75, 3.05) is 32.0 Å². The third-order valence-electron chi connectivity index (χ3n) is 3.45. The Labute approximate surface area is 108 Å². The Morgan fingerprint density at radius 1 is 1.44 bits per heavy atom. The minimum atomic E-state index is -0.879. The van der Waals surface area contributed by atoms with Gasteiger partial charge in [0.25, 0.3) is 0 Å². The lowest BCUT2D eigenvalue weighted by atomic mass is 9.98. The lowest BCUT2D eigenvalue weighted by Crippen LogP contribution is -2.35. The summed E-state index contributed by atoms with van der Waals surface area (Å²) in [6, 6.07) is 6.93. The molecule has 0 spiro atoms. The Kier molecular flexibility index (Phi) is 4.20. The molecule has 1 aromatic carbocycles. The van der Waals surface area contributed by atoms with Crippen LogP contribution < -0.4 is 5.32 Å². The third-order valence-corrected chi connectivity index (χ3v) is 3.45. The summed E-state index contributed by atoms with van der Waals surface area (Å²) in [7, 11) is 2.16. The van der Waals surface area contributed by atoms with Gasteiger partial charge in [0.2, 0.25) is 0 Å². The first-order valence-corrected chi connectivity index (χ1v) is 6.41. The number of benzene rings is 1. The van der Waals surface area contributed by atoms with Crippen molar-refractivity contribution in [2.45, 2.75) is 12.8 Å². The molecule has 0 radical (unpaired) electrons. The highest BCUT2D eigenvalue weighted by atomic mass is 16.4. The maximum absolute atomic E-state index is 10.7. The normalized spacial score (nSPS) is 20.6. The van der Waals surface area contributed by atoms with E-state index in [9.17, 15) is 4.79 Å². The largest absolute Gasteiger partial charge is 0.478 e. The zero-order valence-electron chi connectivity index (χ0n) is 10.7. The molecule has 1 atom stereocenters. The van der Waals surface area contributed by atoms with Gasteiger partial charge in [0.1, 0.15) is 0 Å².